The van der Waals surface area contributed by atoms with Crippen LogP contribution in [0.15, 0.2) is 0 Å². The Bertz CT molecular complexity index is 299. The molecule has 2 aliphatic rings. The highest BCUT2D eigenvalue weighted by atomic mass is 16.4. The first-order valence-corrected chi connectivity index (χ1v) is 5.43. The van der Waals surface area contributed by atoms with Gasteiger partial charge in [0.15, 0.2) is 0 Å². The molecule has 0 heterocycles. The largest absolute Gasteiger partial charge is 0.481 e. The normalized spacial score (nSPS) is 45.2. The summed E-state index contributed by atoms with van der Waals surface area (Å²) in [6.45, 7) is 1.92. The molecule has 2 aliphatic carbocycles. The highest BCUT2D eigenvalue weighted by molar-refractivity contribution is 5.85. The molecule has 2 rings (SSSR count). The number of carboxylic acid groups (broad SMARTS) is 1. The third-order valence-electron chi connectivity index (χ3n) is 3.96. The minimum absolute atomic E-state index is 0.00907. The van der Waals surface area contributed by atoms with Gasteiger partial charge in [-0.1, -0.05) is 6.92 Å². The number of fused-ring (bicyclic) bond motifs is 1. The lowest BCUT2D eigenvalue weighted by molar-refractivity contribution is -0.149. The minimum Gasteiger partial charge on any atom is -0.481 e. The maximum atomic E-state index is 11.4. The molecule has 15 heavy (non-hydrogen) atoms. The van der Waals surface area contributed by atoms with Crippen molar-refractivity contribution in [3.05, 3.63) is 0 Å². The molecule has 0 aliphatic heterocycles. The van der Waals surface area contributed by atoms with Crippen LogP contribution in [-0.4, -0.2) is 28.1 Å². The predicted octanol–water partition coefficient (Wildman–Crippen LogP) is 0.683. The Kier molecular flexibility index (Phi) is 2.54. The van der Waals surface area contributed by atoms with Crippen LogP contribution in [0.25, 0.3) is 0 Å². The lowest BCUT2D eigenvalue weighted by Crippen LogP contribution is -2.37. The fourth-order valence-electron chi connectivity index (χ4n) is 3.17. The second-order valence-corrected chi connectivity index (χ2v) is 4.92. The molecule has 2 fully saturated rings. The minimum atomic E-state index is -0.889. The highest BCUT2D eigenvalue weighted by Gasteiger charge is 2.49. The van der Waals surface area contributed by atoms with E-state index in [1.807, 2.05) is 6.92 Å². The molecule has 2 N–H and O–H groups in total. The van der Waals surface area contributed by atoms with Gasteiger partial charge < -0.3 is 10.2 Å². The summed E-state index contributed by atoms with van der Waals surface area (Å²) in [6.07, 6.45) is 0.743. The number of hydrogen-bond acceptors (Lipinski definition) is 3. The van der Waals surface area contributed by atoms with Gasteiger partial charge in [0, 0.05) is 12.8 Å². The Balaban J connectivity index is 2.23. The highest BCUT2D eigenvalue weighted by Crippen LogP contribution is 2.46. The van der Waals surface area contributed by atoms with Gasteiger partial charge in [0.05, 0.1) is 12.0 Å². The molecule has 0 unspecified atom stereocenters. The first-order valence-electron chi connectivity index (χ1n) is 5.43. The van der Waals surface area contributed by atoms with Gasteiger partial charge in [-0.25, -0.2) is 0 Å². The zero-order valence-corrected chi connectivity index (χ0v) is 8.72. The molecule has 2 saturated carbocycles. The van der Waals surface area contributed by atoms with E-state index < -0.39 is 18.0 Å². The van der Waals surface area contributed by atoms with Gasteiger partial charge in [-0.2, -0.15) is 0 Å². The van der Waals surface area contributed by atoms with Crippen LogP contribution in [0.1, 0.15) is 26.2 Å². The Hall–Kier alpha value is -0.900. The van der Waals surface area contributed by atoms with Crippen LogP contribution in [0.2, 0.25) is 0 Å². The predicted molar refractivity (Wildman–Crippen MR) is 52.1 cm³/mol. The number of rotatable bonds is 1. The van der Waals surface area contributed by atoms with Gasteiger partial charge in [0.1, 0.15) is 5.78 Å². The fraction of sp³-hybridized carbons (Fsp3) is 0.818. The van der Waals surface area contributed by atoms with Crippen LogP contribution in [0.5, 0.6) is 0 Å². The Morgan fingerprint density at radius 3 is 2.60 bits per heavy atom. The first-order chi connectivity index (χ1) is 7.00. The van der Waals surface area contributed by atoms with E-state index in [1.165, 1.54) is 0 Å². The summed E-state index contributed by atoms with van der Waals surface area (Å²) in [5.74, 6) is -1.49. The Morgan fingerprint density at radius 2 is 2.00 bits per heavy atom. The third-order valence-corrected chi connectivity index (χ3v) is 3.96. The molecule has 5 atom stereocenters. The van der Waals surface area contributed by atoms with Crippen molar-refractivity contribution in [1.82, 2.24) is 0 Å². The molecule has 0 aromatic carbocycles. The second-order valence-electron chi connectivity index (χ2n) is 4.92. The van der Waals surface area contributed by atoms with E-state index in [9.17, 15) is 14.7 Å². The molecule has 0 saturated heterocycles. The van der Waals surface area contributed by atoms with Crippen molar-refractivity contribution in [2.24, 2.45) is 23.7 Å². The van der Waals surface area contributed by atoms with Crippen molar-refractivity contribution in [1.29, 1.82) is 0 Å². The first kappa shape index (κ1) is 10.6. The van der Waals surface area contributed by atoms with Gasteiger partial charge in [-0.05, 0) is 24.2 Å². The number of hydrogen-bond donors (Lipinski definition) is 2. The topological polar surface area (TPSA) is 74.6 Å². The van der Waals surface area contributed by atoms with Gasteiger partial charge in [-0.15, -0.1) is 0 Å². The molecular weight excluding hydrogens is 196 g/mol. The van der Waals surface area contributed by atoms with Crippen molar-refractivity contribution in [3.8, 4) is 0 Å². The van der Waals surface area contributed by atoms with E-state index in [1.54, 1.807) is 0 Å². The number of Topliss-reactive ketones (excluding diaryl/α,β-unsaturated/α-hetero) is 1. The zero-order chi connectivity index (χ0) is 11.2. The number of carbonyl (C=O) groups excluding carboxylic acids is 1. The molecule has 0 aromatic heterocycles. The number of aliphatic hydroxyl groups is 1. The van der Waals surface area contributed by atoms with Gasteiger partial charge >= 0.3 is 5.97 Å². The van der Waals surface area contributed by atoms with Crippen LogP contribution in [0, 0.1) is 23.7 Å². The van der Waals surface area contributed by atoms with Crippen LogP contribution >= 0.6 is 0 Å². The maximum Gasteiger partial charge on any atom is 0.307 e. The van der Waals surface area contributed by atoms with E-state index in [4.69, 9.17) is 5.11 Å². The summed E-state index contributed by atoms with van der Waals surface area (Å²) in [6, 6.07) is 0. The summed E-state index contributed by atoms with van der Waals surface area (Å²) in [7, 11) is 0. The number of carboxylic acids is 1. The van der Waals surface area contributed by atoms with Crippen LogP contribution in [0.3, 0.4) is 0 Å². The van der Waals surface area contributed by atoms with Gasteiger partial charge in [0.25, 0.3) is 0 Å². The molecule has 0 radical (unpaired) electrons. The summed E-state index contributed by atoms with van der Waals surface area (Å²) in [5, 5.41) is 18.9. The molecular formula is C11H16O4. The summed E-state index contributed by atoms with van der Waals surface area (Å²) in [5.41, 5.74) is 0. The van der Waals surface area contributed by atoms with E-state index >= 15 is 0 Å². The summed E-state index contributed by atoms with van der Waals surface area (Å²) < 4.78 is 0. The quantitative estimate of drug-likeness (QED) is 0.670. The van der Waals surface area contributed by atoms with Crippen LogP contribution < -0.4 is 0 Å². The van der Waals surface area contributed by atoms with Crippen LogP contribution in [-0.2, 0) is 9.59 Å². The molecule has 4 nitrogen and oxygen atoms in total. The van der Waals surface area contributed by atoms with Crippen molar-refractivity contribution in [3.63, 3.8) is 0 Å². The van der Waals surface area contributed by atoms with Crippen molar-refractivity contribution >= 4 is 11.8 Å². The standard InChI is InChI=1S/C11H16O4/c1-5-2-7-8(10(5)13)3-6(12)4-9(7)11(14)15/h5,7-10,13H,2-4H2,1H3,(H,14,15)/t5-,7-,8-,9-,10+/m0/s1. The molecule has 4 heteroatoms. The van der Waals surface area contributed by atoms with Crippen molar-refractivity contribution in [2.45, 2.75) is 32.3 Å². The lowest BCUT2D eigenvalue weighted by Gasteiger charge is -2.31. The molecule has 84 valence electrons. The van der Waals surface area contributed by atoms with Crippen LogP contribution in [0.4, 0.5) is 0 Å². The summed E-state index contributed by atoms with van der Waals surface area (Å²) in [4.78, 5) is 22.4. The third kappa shape index (κ3) is 1.67. The molecule has 0 bridgehead atoms. The second kappa shape index (κ2) is 3.59. The van der Waals surface area contributed by atoms with E-state index in [0.29, 0.717) is 6.42 Å². The number of aliphatic carboxylic acids is 1. The van der Waals surface area contributed by atoms with E-state index in [0.717, 1.165) is 6.42 Å². The Morgan fingerprint density at radius 1 is 1.33 bits per heavy atom. The lowest BCUT2D eigenvalue weighted by atomic mass is 9.73. The monoisotopic (exact) mass is 212 g/mol. The summed E-state index contributed by atoms with van der Waals surface area (Å²) >= 11 is 0. The van der Waals surface area contributed by atoms with Crippen molar-refractivity contribution < 1.29 is 19.8 Å². The SMILES string of the molecule is C[C@H]1C[C@H]2[C@H](CC(=O)C[C@@H]2C(=O)O)[C@@H]1O. The fourth-order valence-corrected chi connectivity index (χ4v) is 3.17. The zero-order valence-electron chi connectivity index (χ0n) is 8.72. The van der Waals surface area contributed by atoms with E-state index in [-0.39, 0.29) is 30.0 Å². The molecule has 0 spiro atoms. The maximum absolute atomic E-state index is 11.4. The number of ketones is 1. The molecule has 0 aromatic rings. The average Bonchev–Trinajstić information content (AvgIpc) is 2.43. The van der Waals surface area contributed by atoms with E-state index in [2.05, 4.69) is 0 Å². The average molecular weight is 212 g/mol. The van der Waals surface area contributed by atoms with Gasteiger partial charge in [0.2, 0.25) is 0 Å². The number of carbonyl (C=O) groups is 2. The smallest absolute Gasteiger partial charge is 0.307 e. The number of aliphatic hydroxyl groups excluding tert-OH is 1. The van der Waals surface area contributed by atoms with Crippen molar-refractivity contribution in [2.75, 3.05) is 0 Å². The molecule has 0 amide bonds. The Labute approximate surface area is 88.3 Å². The van der Waals surface area contributed by atoms with Gasteiger partial charge in [-0.3, -0.25) is 9.59 Å².